The molecule has 2 heterocycles. The Hall–Kier alpha value is -7.50. The molecule has 2 aromatic heterocycles. The van der Waals surface area contributed by atoms with Gasteiger partial charge in [-0.15, -0.1) is 20.1 Å². The topological polar surface area (TPSA) is 18.1 Å². The van der Waals surface area contributed by atoms with Crippen LogP contribution in [0.1, 0.15) is 19.4 Å². The van der Waals surface area contributed by atoms with E-state index in [1.807, 2.05) is 13.8 Å². The predicted molar refractivity (Wildman–Crippen MR) is 284 cm³/mol. The lowest BCUT2D eigenvalue weighted by molar-refractivity contribution is 0.665. The van der Waals surface area contributed by atoms with E-state index in [2.05, 4.69) is 266 Å². The molecule has 2 nitrogen and oxygen atoms in total. The Morgan fingerprint density at radius 2 is 0.716 bits per heavy atom. The van der Waals surface area contributed by atoms with E-state index in [1.54, 1.807) is 0 Å². The highest BCUT2D eigenvalue weighted by atomic mass is 32.3. The van der Waals surface area contributed by atoms with Gasteiger partial charge in [0.15, 0.2) is 5.58 Å². The summed E-state index contributed by atoms with van der Waals surface area (Å²) in [5.74, 6) is 0. The van der Waals surface area contributed by atoms with E-state index in [1.165, 1.54) is 55.5 Å². The molecule has 12 aromatic rings. The van der Waals surface area contributed by atoms with E-state index in [4.69, 9.17) is 4.42 Å². The summed E-state index contributed by atoms with van der Waals surface area (Å²) in [5.41, 5.74) is 6.28. The third-order valence-electron chi connectivity index (χ3n) is 12.9. The Bertz CT molecular complexity index is 3450. The van der Waals surface area contributed by atoms with Crippen molar-refractivity contribution < 1.29 is 4.42 Å². The molecule has 0 aliphatic carbocycles. The van der Waals surface area contributed by atoms with Crippen molar-refractivity contribution in [2.24, 2.45) is 0 Å². The average Bonchev–Trinajstić information content (AvgIpc) is 3.94. The van der Waals surface area contributed by atoms with Gasteiger partial charge >= 0.3 is 0 Å². The molecule has 4 heteroatoms. The van der Waals surface area contributed by atoms with Crippen LogP contribution in [0.2, 0.25) is 0 Å². The molecule has 326 valence electrons. The van der Waals surface area contributed by atoms with Crippen LogP contribution in [0, 0.1) is 6.92 Å². The first-order chi connectivity index (χ1) is 33.2. The minimum absolute atomic E-state index is 0.862. The fraction of sp³-hybridized carbons (Fsp3) is 0.0476. The molecule has 0 atom stereocenters. The summed E-state index contributed by atoms with van der Waals surface area (Å²) in [5, 5.41) is 4.64. The number of fused-ring (bicyclic) bond motifs is 6. The Kier molecular flexibility index (Phi) is 11.1. The van der Waals surface area contributed by atoms with Crippen molar-refractivity contribution in [2.75, 3.05) is 0 Å². The number of aromatic nitrogens is 1. The van der Waals surface area contributed by atoms with E-state index in [0.717, 1.165) is 38.7 Å². The average molecular weight is 902 g/mol. The number of hydrogen-bond acceptors (Lipinski definition) is 1. The molecule has 12 rings (SSSR count). The first-order valence-electron chi connectivity index (χ1n) is 23.1. The van der Waals surface area contributed by atoms with E-state index in [-0.39, 0.29) is 0 Å². The Morgan fingerprint density at radius 3 is 1.19 bits per heavy atom. The van der Waals surface area contributed by atoms with Crippen molar-refractivity contribution in [1.29, 1.82) is 0 Å². The van der Waals surface area contributed by atoms with Crippen LogP contribution in [0.4, 0.5) is 0 Å². The van der Waals surface area contributed by atoms with Gasteiger partial charge in [0, 0.05) is 60.7 Å². The lowest BCUT2D eigenvalue weighted by Crippen LogP contribution is -2.06. The number of nitrogens with zero attached hydrogens (tertiary/aromatic N) is 1. The number of rotatable bonds is 9. The van der Waals surface area contributed by atoms with Gasteiger partial charge < -0.3 is 8.98 Å². The van der Waals surface area contributed by atoms with Crippen LogP contribution in [0.5, 0.6) is 0 Å². The fourth-order valence-corrected chi connectivity index (χ4v) is 17.9. The van der Waals surface area contributed by atoms with E-state index >= 15 is 0 Å². The molecule has 0 radical (unpaired) electrons. The largest absolute Gasteiger partial charge is 0.454 e. The summed E-state index contributed by atoms with van der Waals surface area (Å²) >= 11 is 0. The lowest BCUT2D eigenvalue weighted by Gasteiger charge is -2.42. The highest BCUT2D eigenvalue weighted by molar-refractivity contribution is 8.34. The van der Waals surface area contributed by atoms with Gasteiger partial charge in [-0.3, -0.25) is 0 Å². The van der Waals surface area contributed by atoms with Crippen molar-refractivity contribution in [3.63, 3.8) is 0 Å². The van der Waals surface area contributed by atoms with Crippen molar-refractivity contribution in [3.8, 4) is 5.69 Å². The molecule has 0 amide bonds. The van der Waals surface area contributed by atoms with Crippen molar-refractivity contribution >= 4 is 63.8 Å². The molecule has 0 saturated heterocycles. The number of hydrogen-bond donors (Lipinski definition) is 0. The molecule has 0 aliphatic heterocycles. The predicted octanol–water partition coefficient (Wildman–Crippen LogP) is 18.7. The zero-order chi connectivity index (χ0) is 45.4. The summed E-state index contributed by atoms with van der Waals surface area (Å²) in [4.78, 5) is 10.2. The molecule has 0 spiro atoms. The molecule has 0 aliphatic rings. The quantitative estimate of drug-likeness (QED) is 0.141. The maximum absolute atomic E-state index is 7.30. The number of para-hydroxylation sites is 1. The van der Waals surface area contributed by atoms with Crippen LogP contribution in [0.15, 0.2) is 298 Å². The maximum atomic E-state index is 7.30. The second kappa shape index (κ2) is 17.7. The smallest absolute Gasteiger partial charge is 0.159 e. The van der Waals surface area contributed by atoms with Crippen molar-refractivity contribution in [3.05, 3.63) is 260 Å². The van der Waals surface area contributed by atoms with E-state index in [0.29, 0.717) is 0 Å². The lowest BCUT2D eigenvalue weighted by atomic mass is 10.1. The zero-order valence-corrected chi connectivity index (χ0v) is 39.6. The molecule has 0 unspecified atom stereocenters. The SMILES string of the molecule is CC.Cc1ccc2c(c1)c1ccccc1n2-c1cc(S(c2ccccc2)(c2ccccc2)c2ccccc2)cc2c1oc1ccc(S(c3ccccc3)(c3ccccc3)c3ccccc3)cc12. The number of aryl methyl sites for hydroxylation is 1. The monoisotopic (exact) mass is 901 g/mol. The normalized spacial score (nSPS) is 12.3. The van der Waals surface area contributed by atoms with Crippen LogP contribution >= 0.6 is 20.1 Å². The fourth-order valence-electron chi connectivity index (χ4n) is 10.1. The second-order valence-corrected chi connectivity index (χ2v) is 22.8. The van der Waals surface area contributed by atoms with Crippen LogP contribution in [0.25, 0.3) is 49.4 Å². The molecule has 67 heavy (non-hydrogen) atoms. The number of furan rings is 1. The zero-order valence-electron chi connectivity index (χ0n) is 37.9. The van der Waals surface area contributed by atoms with Crippen LogP contribution in [-0.2, 0) is 0 Å². The second-order valence-electron chi connectivity index (χ2n) is 16.6. The third kappa shape index (κ3) is 6.82. The number of benzene rings is 10. The van der Waals surface area contributed by atoms with E-state index in [9.17, 15) is 0 Å². The van der Waals surface area contributed by atoms with Gasteiger partial charge in [-0.2, -0.15) is 0 Å². The van der Waals surface area contributed by atoms with Gasteiger partial charge in [0.1, 0.15) is 5.58 Å². The molecule has 10 aromatic carbocycles. The Labute approximate surface area is 396 Å². The summed E-state index contributed by atoms with van der Waals surface area (Å²) in [7, 11) is -4.07. The molecular weight excluding hydrogens is 851 g/mol. The summed E-state index contributed by atoms with van der Waals surface area (Å²) in [6.07, 6.45) is 0. The van der Waals surface area contributed by atoms with Crippen molar-refractivity contribution in [2.45, 2.75) is 59.9 Å². The molecule has 0 saturated carbocycles. The van der Waals surface area contributed by atoms with E-state index < -0.39 is 20.1 Å². The highest BCUT2D eigenvalue weighted by Crippen LogP contribution is 2.75. The van der Waals surface area contributed by atoms with Gasteiger partial charge in [-0.1, -0.05) is 153 Å². The highest BCUT2D eigenvalue weighted by Gasteiger charge is 2.37. The van der Waals surface area contributed by atoms with Gasteiger partial charge in [-0.25, -0.2) is 0 Å². The maximum Gasteiger partial charge on any atom is 0.159 e. The minimum atomic E-state index is -2.09. The molecule has 0 N–H and O–H groups in total. The Morgan fingerprint density at radius 1 is 0.313 bits per heavy atom. The minimum Gasteiger partial charge on any atom is -0.454 e. The summed E-state index contributed by atoms with van der Waals surface area (Å²) in [6.45, 7) is 6.18. The molecule has 0 bridgehead atoms. The van der Waals surface area contributed by atoms with Gasteiger partial charge in [0.2, 0.25) is 0 Å². The standard InChI is InChI=1S/C61H45NOS2.C2H6/c1-44-36-38-58-54(40-44)53-34-20-21-35-57(53)62(58)59-43-52(65(48-28-14-5-15-29-48,49-30-16-6-17-31-49)50-32-18-7-19-33-50)42-56-55-41-51(37-39-60(55)63-61(56)59)64(45-22-8-2-9-23-45,46-24-10-3-11-25-46)47-26-12-4-13-27-47;1-2/h2-43H,1H3;1-2H3. The molecular formula is C63H51NOS2. The third-order valence-corrected chi connectivity index (χ3v) is 20.6. The first kappa shape index (κ1) is 42.2. The van der Waals surface area contributed by atoms with Crippen LogP contribution < -0.4 is 0 Å². The Balaban J connectivity index is 0.00000244. The molecule has 0 fully saturated rings. The van der Waals surface area contributed by atoms with Crippen LogP contribution in [0.3, 0.4) is 0 Å². The summed E-state index contributed by atoms with van der Waals surface area (Å²) < 4.78 is 9.75. The van der Waals surface area contributed by atoms with Crippen LogP contribution in [-0.4, -0.2) is 4.57 Å². The van der Waals surface area contributed by atoms with Crippen molar-refractivity contribution in [1.82, 2.24) is 4.57 Å². The summed E-state index contributed by atoms with van der Waals surface area (Å²) in [6, 6.07) is 94.4. The first-order valence-corrected chi connectivity index (χ1v) is 26.4. The van der Waals surface area contributed by atoms with Gasteiger partial charge in [-0.05, 0) is 128 Å². The van der Waals surface area contributed by atoms with Gasteiger partial charge in [0.05, 0.1) is 16.7 Å². The van der Waals surface area contributed by atoms with Gasteiger partial charge in [0.25, 0.3) is 0 Å².